The number of hydrogen-bond acceptors (Lipinski definition) is 2. The molecule has 0 aliphatic heterocycles. The van der Waals surface area contributed by atoms with Crippen LogP contribution in [0.2, 0.25) is 0 Å². The van der Waals surface area contributed by atoms with Crippen LogP contribution < -0.4 is 5.32 Å². The molecule has 3 nitrogen and oxygen atoms in total. The summed E-state index contributed by atoms with van der Waals surface area (Å²) < 4.78 is 62.0. The molecule has 1 aromatic rings. The van der Waals surface area contributed by atoms with Crippen LogP contribution >= 0.6 is 0 Å². The van der Waals surface area contributed by atoms with Crippen LogP contribution in [0.4, 0.5) is 22.0 Å². The monoisotopic (exact) mass is 295 g/mol. The maximum absolute atomic E-state index is 12.9. The highest BCUT2D eigenvalue weighted by Crippen LogP contribution is 2.37. The molecular formula is C12H10F5NO2. The van der Waals surface area contributed by atoms with Gasteiger partial charge in [0.05, 0.1) is 12.1 Å². The molecule has 110 valence electrons. The summed E-state index contributed by atoms with van der Waals surface area (Å²) >= 11 is 0. The Morgan fingerprint density at radius 1 is 1.20 bits per heavy atom. The van der Waals surface area contributed by atoms with Crippen LogP contribution in [0.15, 0.2) is 24.3 Å². The van der Waals surface area contributed by atoms with Crippen LogP contribution in [0.5, 0.6) is 0 Å². The van der Waals surface area contributed by atoms with Crippen molar-refractivity contribution in [2.45, 2.75) is 30.7 Å². The standard InChI is InChI=1S/C12H10F5NO2/c13-11(14,12(15,16)17)10(20)18-9-7-4-2-1-3-6(7)5-8(9)19/h1-4,8-9,19H,5H2,(H,18,20)/t8-,9+/m0/s1. The van der Waals surface area contributed by atoms with Gasteiger partial charge in [0.25, 0.3) is 0 Å². The van der Waals surface area contributed by atoms with E-state index >= 15 is 0 Å². The summed E-state index contributed by atoms with van der Waals surface area (Å²) in [7, 11) is 0. The van der Waals surface area contributed by atoms with Gasteiger partial charge in [-0.05, 0) is 11.1 Å². The van der Waals surface area contributed by atoms with E-state index < -0.39 is 30.2 Å². The second-order valence-electron chi connectivity index (χ2n) is 4.49. The van der Waals surface area contributed by atoms with Crippen LogP contribution in [0, 0.1) is 0 Å². The fraction of sp³-hybridized carbons (Fsp3) is 0.417. The first-order valence-electron chi connectivity index (χ1n) is 5.66. The summed E-state index contributed by atoms with van der Waals surface area (Å²) in [5, 5.41) is 11.3. The van der Waals surface area contributed by atoms with E-state index in [9.17, 15) is 31.9 Å². The number of nitrogens with one attached hydrogen (secondary N) is 1. The van der Waals surface area contributed by atoms with Crippen molar-refractivity contribution < 1.29 is 31.9 Å². The molecule has 0 unspecified atom stereocenters. The Labute approximate surface area is 110 Å². The molecule has 0 radical (unpaired) electrons. The lowest BCUT2D eigenvalue weighted by molar-refractivity contribution is -0.270. The highest BCUT2D eigenvalue weighted by Gasteiger charge is 2.63. The number of aliphatic hydroxyl groups is 1. The smallest absolute Gasteiger partial charge is 0.390 e. The topological polar surface area (TPSA) is 49.3 Å². The lowest BCUT2D eigenvalue weighted by Gasteiger charge is -2.23. The van der Waals surface area contributed by atoms with Crippen LogP contribution in [0.1, 0.15) is 17.2 Å². The van der Waals surface area contributed by atoms with Gasteiger partial charge in [-0.1, -0.05) is 24.3 Å². The number of alkyl halides is 5. The average Bonchev–Trinajstić information content (AvgIpc) is 2.64. The minimum atomic E-state index is -5.97. The molecule has 0 saturated heterocycles. The van der Waals surface area contributed by atoms with Crippen molar-refractivity contribution in [1.29, 1.82) is 0 Å². The lowest BCUT2D eigenvalue weighted by Crippen LogP contribution is -2.52. The van der Waals surface area contributed by atoms with Crippen molar-refractivity contribution in [3.8, 4) is 0 Å². The SMILES string of the molecule is O=C(N[C@@H]1c2ccccc2C[C@@H]1O)C(F)(F)C(F)(F)F. The summed E-state index contributed by atoms with van der Waals surface area (Å²) in [6.07, 6.45) is -7.13. The van der Waals surface area contributed by atoms with Crippen molar-refractivity contribution >= 4 is 5.91 Å². The minimum Gasteiger partial charge on any atom is -0.390 e. The van der Waals surface area contributed by atoms with Gasteiger partial charge in [-0.3, -0.25) is 4.79 Å². The number of benzene rings is 1. The summed E-state index contributed by atoms with van der Waals surface area (Å²) in [5.74, 6) is -7.96. The second kappa shape index (κ2) is 4.69. The molecule has 2 atom stereocenters. The number of halogens is 5. The molecule has 1 aromatic carbocycles. The molecule has 1 aliphatic rings. The average molecular weight is 295 g/mol. The Balaban J connectivity index is 2.21. The first-order chi connectivity index (χ1) is 9.14. The highest BCUT2D eigenvalue weighted by atomic mass is 19.4. The van der Waals surface area contributed by atoms with E-state index in [1.165, 1.54) is 12.1 Å². The van der Waals surface area contributed by atoms with Gasteiger partial charge in [-0.2, -0.15) is 22.0 Å². The number of amides is 1. The molecule has 2 N–H and O–H groups in total. The summed E-state index contributed by atoms with van der Waals surface area (Å²) in [4.78, 5) is 11.1. The Morgan fingerprint density at radius 2 is 1.80 bits per heavy atom. The number of carbonyl (C=O) groups is 1. The van der Waals surface area contributed by atoms with Crippen LogP contribution in [-0.4, -0.2) is 29.2 Å². The van der Waals surface area contributed by atoms with Crippen LogP contribution in [0.3, 0.4) is 0 Å². The zero-order valence-corrected chi connectivity index (χ0v) is 9.92. The maximum atomic E-state index is 12.9. The molecule has 20 heavy (non-hydrogen) atoms. The zero-order valence-electron chi connectivity index (χ0n) is 9.92. The number of hydrogen-bond donors (Lipinski definition) is 2. The summed E-state index contributed by atoms with van der Waals surface area (Å²) in [6.45, 7) is 0. The van der Waals surface area contributed by atoms with Gasteiger partial charge >= 0.3 is 18.0 Å². The number of carbonyl (C=O) groups excluding carboxylic acids is 1. The van der Waals surface area contributed by atoms with Crippen LogP contribution in [0.25, 0.3) is 0 Å². The van der Waals surface area contributed by atoms with Gasteiger partial charge in [0.2, 0.25) is 0 Å². The Bertz CT molecular complexity index is 529. The predicted molar refractivity (Wildman–Crippen MR) is 58.0 cm³/mol. The molecule has 0 aromatic heterocycles. The van der Waals surface area contributed by atoms with E-state index in [0.717, 1.165) is 0 Å². The Hall–Kier alpha value is -1.70. The zero-order chi connectivity index (χ0) is 15.1. The van der Waals surface area contributed by atoms with Gasteiger partial charge in [-0.15, -0.1) is 0 Å². The molecule has 0 heterocycles. The summed E-state index contributed by atoms with van der Waals surface area (Å²) in [5.41, 5.74) is 0.937. The predicted octanol–water partition coefficient (Wildman–Crippen LogP) is 1.96. The Morgan fingerprint density at radius 3 is 2.40 bits per heavy atom. The van der Waals surface area contributed by atoms with Crippen molar-refractivity contribution in [3.63, 3.8) is 0 Å². The number of aliphatic hydroxyl groups excluding tert-OH is 1. The van der Waals surface area contributed by atoms with E-state index in [0.29, 0.717) is 11.1 Å². The first-order valence-corrected chi connectivity index (χ1v) is 5.66. The molecule has 0 bridgehead atoms. The maximum Gasteiger partial charge on any atom is 0.463 e. The molecule has 0 spiro atoms. The van der Waals surface area contributed by atoms with Gasteiger partial charge in [0.15, 0.2) is 0 Å². The fourth-order valence-corrected chi connectivity index (χ4v) is 2.11. The first kappa shape index (κ1) is 14.7. The van der Waals surface area contributed by atoms with Crippen molar-refractivity contribution in [1.82, 2.24) is 5.32 Å². The van der Waals surface area contributed by atoms with E-state index in [1.807, 2.05) is 0 Å². The Kier molecular flexibility index (Phi) is 3.45. The van der Waals surface area contributed by atoms with Gasteiger partial charge < -0.3 is 10.4 Å². The molecule has 8 heteroatoms. The molecule has 0 saturated carbocycles. The third-order valence-electron chi connectivity index (χ3n) is 3.13. The van der Waals surface area contributed by atoms with Gasteiger partial charge in [-0.25, -0.2) is 0 Å². The van der Waals surface area contributed by atoms with Crippen LogP contribution in [-0.2, 0) is 11.2 Å². The largest absolute Gasteiger partial charge is 0.463 e. The molecule has 2 rings (SSSR count). The normalized spacial score (nSPS) is 22.5. The van der Waals surface area contributed by atoms with E-state index in [-0.39, 0.29) is 6.42 Å². The highest BCUT2D eigenvalue weighted by molar-refractivity contribution is 5.84. The van der Waals surface area contributed by atoms with E-state index in [2.05, 4.69) is 0 Å². The van der Waals surface area contributed by atoms with Crippen molar-refractivity contribution in [3.05, 3.63) is 35.4 Å². The van der Waals surface area contributed by atoms with E-state index in [1.54, 1.807) is 17.4 Å². The van der Waals surface area contributed by atoms with Crippen molar-refractivity contribution in [2.24, 2.45) is 0 Å². The van der Waals surface area contributed by atoms with E-state index in [4.69, 9.17) is 0 Å². The second-order valence-corrected chi connectivity index (χ2v) is 4.49. The van der Waals surface area contributed by atoms with Gasteiger partial charge in [0, 0.05) is 6.42 Å². The quantitative estimate of drug-likeness (QED) is 0.819. The molecule has 1 amide bonds. The van der Waals surface area contributed by atoms with Gasteiger partial charge in [0.1, 0.15) is 0 Å². The third-order valence-corrected chi connectivity index (χ3v) is 3.13. The fourth-order valence-electron chi connectivity index (χ4n) is 2.11. The minimum absolute atomic E-state index is 0.0821. The molecule has 0 fully saturated rings. The van der Waals surface area contributed by atoms with Crippen molar-refractivity contribution in [2.75, 3.05) is 0 Å². The number of rotatable bonds is 2. The molecular weight excluding hydrogens is 285 g/mol. The summed E-state index contributed by atoms with van der Waals surface area (Å²) in [6, 6.07) is 4.97. The lowest BCUT2D eigenvalue weighted by atomic mass is 10.1. The number of fused-ring (bicyclic) bond motifs is 1. The molecule has 1 aliphatic carbocycles. The third kappa shape index (κ3) is 2.35.